The molecule has 0 N–H and O–H groups in total. The third-order valence-electron chi connectivity index (χ3n) is 12.5. The zero-order valence-corrected chi connectivity index (χ0v) is 36.1. The van der Waals surface area contributed by atoms with Crippen molar-refractivity contribution in [2.24, 2.45) is 0 Å². The summed E-state index contributed by atoms with van der Waals surface area (Å²) < 4.78 is 6.35. The molecule has 1 heterocycles. The zero-order valence-electron chi connectivity index (χ0n) is 36.1. The Morgan fingerprint density at radius 1 is 0.212 bits per heavy atom. The molecule has 66 heavy (non-hydrogen) atoms. The number of benzene rings is 11. The third-order valence-corrected chi connectivity index (χ3v) is 12.5. The SMILES string of the molecule is c1ccc(-c2ccc(N(c3ccccc3)c3cccc(N(c4cccc(N(c5ccccc5)c5ccccc5)c4)c4ccc5ccc6cc7oc8ccccc8c7cc6c5c4)c3)cc2)cc1. The highest BCUT2D eigenvalue weighted by atomic mass is 16.3. The van der Waals surface area contributed by atoms with Gasteiger partial charge in [-0.15, -0.1) is 0 Å². The van der Waals surface area contributed by atoms with Crippen molar-refractivity contribution in [3.63, 3.8) is 0 Å². The summed E-state index contributed by atoms with van der Waals surface area (Å²) in [5, 5.41) is 6.91. The van der Waals surface area contributed by atoms with Crippen LogP contribution < -0.4 is 14.7 Å². The fourth-order valence-electron chi connectivity index (χ4n) is 9.45. The van der Waals surface area contributed by atoms with Gasteiger partial charge in [0.05, 0.1) is 0 Å². The molecule has 4 nitrogen and oxygen atoms in total. The fourth-order valence-corrected chi connectivity index (χ4v) is 9.45. The van der Waals surface area contributed by atoms with E-state index in [1.54, 1.807) is 0 Å². The topological polar surface area (TPSA) is 22.9 Å². The van der Waals surface area contributed by atoms with E-state index in [4.69, 9.17) is 4.42 Å². The Morgan fingerprint density at radius 3 is 1.18 bits per heavy atom. The van der Waals surface area contributed by atoms with Crippen molar-refractivity contribution >= 4 is 94.7 Å². The van der Waals surface area contributed by atoms with Gasteiger partial charge in [-0.05, 0) is 148 Å². The summed E-state index contributed by atoms with van der Waals surface area (Å²) in [7, 11) is 0. The van der Waals surface area contributed by atoms with Crippen LogP contribution in [0.5, 0.6) is 0 Å². The van der Waals surface area contributed by atoms with Crippen LogP contribution in [0.2, 0.25) is 0 Å². The van der Waals surface area contributed by atoms with Gasteiger partial charge >= 0.3 is 0 Å². The van der Waals surface area contributed by atoms with Gasteiger partial charge in [0.1, 0.15) is 11.2 Å². The van der Waals surface area contributed by atoms with Gasteiger partial charge in [0.2, 0.25) is 0 Å². The molecule has 0 atom stereocenters. The summed E-state index contributed by atoms with van der Waals surface area (Å²) in [5.41, 5.74) is 13.7. The van der Waals surface area contributed by atoms with Crippen LogP contribution in [0.3, 0.4) is 0 Å². The van der Waals surface area contributed by atoms with Gasteiger partial charge in [0.15, 0.2) is 0 Å². The van der Waals surface area contributed by atoms with E-state index in [1.165, 1.54) is 27.3 Å². The quantitative estimate of drug-likeness (QED) is 0.128. The molecule has 0 amide bonds. The lowest BCUT2D eigenvalue weighted by atomic mass is 9.99. The summed E-state index contributed by atoms with van der Waals surface area (Å²) in [5.74, 6) is 0. The maximum Gasteiger partial charge on any atom is 0.136 e. The van der Waals surface area contributed by atoms with Crippen LogP contribution in [-0.4, -0.2) is 0 Å². The van der Waals surface area contributed by atoms with Crippen LogP contribution in [0.25, 0.3) is 54.6 Å². The summed E-state index contributed by atoms with van der Waals surface area (Å²) in [6.45, 7) is 0. The predicted molar refractivity (Wildman–Crippen MR) is 278 cm³/mol. The van der Waals surface area contributed by atoms with Crippen LogP contribution in [0.1, 0.15) is 0 Å². The Kier molecular flexibility index (Phi) is 9.81. The normalized spacial score (nSPS) is 11.3. The summed E-state index contributed by atoms with van der Waals surface area (Å²) in [6.07, 6.45) is 0. The standard InChI is InChI=1S/C62H43N3O/c1-5-17-44(18-6-1)45-33-36-51(37-34-45)64(50-23-11-4-12-24-50)53-26-16-28-55(41-53)65(54-27-15-25-52(40-54)63(48-19-7-2-8-20-48)49-21-9-3-10-22-49)56-38-35-46-31-32-47-39-62-60(43-59(47)58(46)42-56)57-29-13-14-30-61(57)66-62/h1-43H. The lowest BCUT2D eigenvalue weighted by Crippen LogP contribution is -2.14. The molecular weight excluding hydrogens is 803 g/mol. The smallest absolute Gasteiger partial charge is 0.136 e. The van der Waals surface area contributed by atoms with Crippen molar-refractivity contribution in [1.29, 1.82) is 0 Å². The Labute approximate surface area is 384 Å². The second-order valence-corrected chi connectivity index (χ2v) is 16.6. The monoisotopic (exact) mass is 845 g/mol. The molecule has 0 saturated heterocycles. The Morgan fingerprint density at radius 2 is 0.606 bits per heavy atom. The van der Waals surface area contributed by atoms with Gasteiger partial charge in [-0.2, -0.15) is 0 Å². The van der Waals surface area contributed by atoms with Gasteiger partial charge in [0.25, 0.3) is 0 Å². The first kappa shape index (κ1) is 38.8. The van der Waals surface area contributed by atoms with Gasteiger partial charge < -0.3 is 19.1 Å². The van der Waals surface area contributed by atoms with Gasteiger partial charge in [-0.3, -0.25) is 0 Å². The molecule has 0 fully saturated rings. The number of hydrogen-bond acceptors (Lipinski definition) is 4. The van der Waals surface area contributed by atoms with E-state index < -0.39 is 0 Å². The van der Waals surface area contributed by atoms with Crippen LogP contribution in [0.15, 0.2) is 265 Å². The van der Waals surface area contributed by atoms with E-state index in [9.17, 15) is 0 Å². The predicted octanol–water partition coefficient (Wildman–Crippen LogP) is 18.0. The van der Waals surface area contributed by atoms with Gasteiger partial charge in [0, 0.05) is 62.0 Å². The van der Waals surface area contributed by atoms with E-state index in [-0.39, 0.29) is 0 Å². The third kappa shape index (κ3) is 7.17. The average molecular weight is 846 g/mol. The largest absolute Gasteiger partial charge is 0.456 e. The van der Waals surface area contributed by atoms with Crippen molar-refractivity contribution in [1.82, 2.24) is 0 Å². The Bertz CT molecular complexity index is 3610. The second kappa shape index (κ2) is 16.7. The van der Waals surface area contributed by atoms with Crippen molar-refractivity contribution in [2.75, 3.05) is 14.7 Å². The molecule has 1 aromatic heterocycles. The maximum absolute atomic E-state index is 6.35. The summed E-state index contributed by atoms with van der Waals surface area (Å²) in [4.78, 5) is 7.06. The number of nitrogens with zero attached hydrogens (tertiary/aromatic N) is 3. The van der Waals surface area contributed by atoms with E-state index in [1.807, 2.05) is 12.1 Å². The first-order valence-electron chi connectivity index (χ1n) is 22.4. The van der Waals surface area contributed by atoms with Crippen LogP contribution in [0, 0.1) is 0 Å². The lowest BCUT2D eigenvalue weighted by Gasteiger charge is -2.31. The zero-order chi connectivity index (χ0) is 43.8. The highest BCUT2D eigenvalue weighted by Gasteiger charge is 2.21. The number of hydrogen-bond donors (Lipinski definition) is 0. The molecule has 12 rings (SSSR count). The van der Waals surface area contributed by atoms with Crippen molar-refractivity contribution in [2.45, 2.75) is 0 Å². The number of furan rings is 1. The molecular formula is C62H43N3O. The minimum atomic E-state index is 0.897. The number of para-hydroxylation sites is 4. The van der Waals surface area contributed by atoms with Crippen LogP contribution in [0.4, 0.5) is 51.2 Å². The van der Waals surface area contributed by atoms with E-state index >= 15 is 0 Å². The van der Waals surface area contributed by atoms with E-state index in [0.717, 1.165) is 78.5 Å². The molecule has 0 radical (unpaired) electrons. The van der Waals surface area contributed by atoms with E-state index in [2.05, 4.69) is 263 Å². The lowest BCUT2D eigenvalue weighted by molar-refractivity contribution is 0.669. The van der Waals surface area contributed by atoms with Crippen LogP contribution in [-0.2, 0) is 0 Å². The second-order valence-electron chi connectivity index (χ2n) is 16.6. The average Bonchev–Trinajstić information content (AvgIpc) is 3.75. The first-order valence-corrected chi connectivity index (χ1v) is 22.4. The molecule has 0 aliphatic heterocycles. The molecule has 0 bridgehead atoms. The molecule has 0 spiro atoms. The maximum atomic E-state index is 6.35. The van der Waals surface area contributed by atoms with Crippen molar-refractivity contribution < 1.29 is 4.42 Å². The molecule has 11 aromatic carbocycles. The highest BCUT2D eigenvalue weighted by Crippen LogP contribution is 2.45. The molecule has 0 aliphatic carbocycles. The molecule has 312 valence electrons. The molecule has 4 heteroatoms. The molecule has 0 unspecified atom stereocenters. The summed E-state index contributed by atoms with van der Waals surface area (Å²) >= 11 is 0. The Balaban J connectivity index is 1.05. The van der Waals surface area contributed by atoms with Gasteiger partial charge in [-0.1, -0.05) is 146 Å². The van der Waals surface area contributed by atoms with E-state index in [0.29, 0.717) is 0 Å². The fraction of sp³-hybridized carbons (Fsp3) is 0. The first-order chi connectivity index (χ1) is 32.7. The number of anilines is 9. The van der Waals surface area contributed by atoms with Crippen LogP contribution >= 0.6 is 0 Å². The highest BCUT2D eigenvalue weighted by molar-refractivity contribution is 6.17. The molecule has 12 aromatic rings. The molecule has 0 saturated carbocycles. The number of fused-ring (bicyclic) bond motifs is 6. The Hall–Kier alpha value is -8.86. The molecule has 0 aliphatic rings. The van der Waals surface area contributed by atoms with Gasteiger partial charge in [-0.25, -0.2) is 0 Å². The summed E-state index contributed by atoms with van der Waals surface area (Å²) in [6, 6.07) is 93.2. The van der Waals surface area contributed by atoms with Crippen molar-refractivity contribution in [3.05, 3.63) is 261 Å². The minimum absolute atomic E-state index is 0.897. The van der Waals surface area contributed by atoms with Crippen molar-refractivity contribution in [3.8, 4) is 11.1 Å². The number of rotatable bonds is 10. The minimum Gasteiger partial charge on any atom is -0.456 e.